The van der Waals surface area contributed by atoms with E-state index in [-0.39, 0.29) is 0 Å². The first-order chi connectivity index (χ1) is 20.5. The van der Waals surface area contributed by atoms with Crippen LogP contribution in [-0.2, 0) is 80.9 Å². The molecule has 2 saturated heterocycles. The molecule has 0 unspecified atom stereocenters. The van der Waals surface area contributed by atoms with Gasteiger partial charge in [-0.05, 0) is 0 Å². The predicted molar refractivity (Wildman–Crippen MR) is 135 cm³/mol. The lowest BCUT2D eigenvalue weighted by atomic mass is 9.96. The van der Waals surface area contributed by atoms with Gasteiger partial charge in [0.15, 0.2) is 43.1 Å². The summed E-state index contributed by atoms with van der Waals surface area (Å²) in [7, 11) is 0. The smallest absolute Gasteiger partial charge is 0.303 e. The van der Waals surface area contributed by atoms with E-state index in [9.17, 15) is 38.7 Å². The van der Waals surface area contributed by atoms with E-state index in [4.69, 9.17) is 47.4 Å². The van der Waals surface area contributed by atoms with Crippen molar-refractivity contribution < 1.29 is 86.0 Å². The zero-order valence-corrected chi connectivity index (χ0v) is 25.1. The molecule has 2 heterocycles. The molecule has 0 spiro atoms. The van der Waals surface area contributed by atoms with Crippen LogP contribution in [0.4, 0.5) is 0 Å². The number of hydrogen-bond donors (Lipinski definition) is 1. The summed E-state index contributed by atoms with van der Waals surface area (Å²) in [5.41, 5.74) is 0. The van der Waals surface area contributed by atoms with Crippen LogP contribution in [0.15, 0.2) is 0 Å². The average molecular weight is 637 g/mol. The molecular weight excluding hydrogens is 600 g/mol. The van der Waals surface area contributed by atoms with Crippen molar-refractivity contribution in [2.24, 2.45) is 0 Å². The van der Waals surface area contributed by atoms with Crippen molar-refractivity contribution in [3.8, 4) is 0 Å². The van der Waals surface area contributed by atoms with E-state index in [1.165, 1.54) is 0 Å². The fourth-order valence-electron chi connectivity index (χ4n) is 4.49. The predicted octanol–water partition coefficient (Wildman–Crippen LogP) is -1.40. The van der Waals surface area contributed by atoms with Gasteiger partial charge in [-0.3, -0.25) is 33.6 Å². The quantitative estimate of drug-likeness (QED) is 0.203. The van der Waals surface area contributed by atoms with Crippen molar-refractivity contribution in [2.45, 2.75) is 110 Å². The van der Waals surface area contributed by atoms with Crippen LogP contribution in [0.1, 0.15) is 48.5 Å². The summed E-state index contributed by atoms with van der Waals surface area (Å²) < 4.78 is 54.0. The number of aliphatic hydroxyl groups is 1. The Morgan fingerprint density at radius 2 is 0.841 bits per heavy atom. The van der Waals surface area contributed by atoms with Crippen LogP contribution < -0.4 is 0 Å². The molecule has 0 saturated carbocycles. The number of hydrogen-bond acceptors (Lipinski definition) is 18. The van der Waals surface area contributed by atoms with Crippen LogP contribution in [0.3, 0.4) is 0 Å². The third-order valence-corrected chi connectivity index (χ3v) is 5.90. The summed E-state index contributed by atoms with van der Waals surface area (Å²) in [5, 5.41) is 10.8. The van der Waals surface area contributed by atoms with Gasteiger partial charge in [-0.1, -0.05) is 0 Å². The molecule has 0 bridgehead atoms. The maximum Gasteiger partial charge on any atom is 0.303 e. The Morgan fingerprint density at radius 1 is 0.477 bits per heavy atom. The summed E-state index contributed by atoms with van der Waals surface area (Å²) in [6, 6.07) is 0. The molecule has 0 amide bonds. The van der Waals surface area contributed by atoms with Gasteiger partial charge in [-0.2, -0.15) is 0 Å². The van der Waals surface area contributed by atoms with E-state index >= 15 is 0 Å². The summed E-state index contributed by atoms with van der Waals surface area (Å²) in [6.45, 7) is 6.13. The molecule has 0 aliphatic carbocycles. The fraction of sp³-hybridized carbons (Fsp3) is 0.731. The average Bonchev–Trinajstić information content (AvgIpc) is 2.87. The monoisotopic (exact) mass is 636 g/mol. The number of esters is 7. The van der Waals surface area contributed by atoms with Gasteiger partial charge in [0, 0.05) is 48.5 Å². The normalized spacial score (nSPS) is 31.5. The molecule has 0 aromatic heterocycles. The van der Waals surface area contributed by atoms with Crippen LogP contribution in [-0.4, -0.2) is 122 Å². The standard InChI is InChI=1S/C26H36O18/c1-10(27)35-8-17-19(37-12(3)29)21(23(25(34)42-17)40-15(6)32)44-26-24(41-16(7)33)22(39-14(5)31)20(38-13(4)30)18(43-26)9-36-11(2)28/h17-26,34H,8-9H2,1-7H3/t17-,18-,19+,20-,21+,22+,23+,24+,25+,26-/m1/s1. The van der Waals surface area contributed by atoms with E-state index in [2.05, 4.69) is 0 Å². The molecule has 2 aliphatic rings. The first-order valence-corrected chi connectivity index (χ1v) is 13.3. The van der Waals surface area contributed by atoms with Gasteiger partial charge in [-0.15, -0.1) is 0 Å². The highest BCUT2D eigenvalue weighted by Gasteiger charge is 2.57. The van der Waals surface area contributed by atoms with Gasteiger partial charge < -0.3 is 52.5 Å². The van der Waals surface area contributed by atoms with Crippen LogP contribution in [0.2, 0.25) is 0 Å². The Bertz CT molecular complexity index is 1090. The zero-order valence-electron chi connectivity index (χ0n) is 25.1. The van der Waals surface area contributed by atoms with Gasteiger partial charge in [0.25, 0.3) is 0 Å². The molecule has 0 radical (unpaired) electrons. The molecule has 2 fully saturated rings. The number of ether oxygens (including phenoxy) is 10. The first-order valence-electron chi connectivity index (χ1n) is 13.3. The van der Waals surface area contributed by atoms with Gasteiger partial charge in [0.2, 0.25) is 0 Å². The molecule has 248 valence electrons. The van der Waals surface area contributed by atoms with Crippen molar-refractivity contribution in [3.63, 3.8) is 0 Å². The molecule has 44 heavy (non-hydrogen) atoms. The topological polar surface area (TPSA) is 232 Å². The second-order valence-corrected chi connectivity index (χ2v) is 9.68. The number of carbonyl (C=O) groups excluding carboxylic acids is 7. The summed E-state index contributed by atoms with van der Waals surface area (Å²) in [4.78, 5) is 83.5. The van der Waals surface area contributed by atoms with E-state index in [1.807, 2.05) is 0 Å². The molecule has 10 atom stereocenters. The Hall–Kier alpha value is -3.87. The third-order valence-electron chi connectivity index (χ3n) is 5.90. The highest BCUT2D eigenvalue weighted by molar-refractivity contribution is 5.69. The summed E-state index contributed by atoms with van der Waals surface area (Å²) >= 11 is 0. The van der Waals surface area contributed by atoms with E-state index in [1.54, 1.807) is 0 Å². The SMILES string of the molecule is CC(=O)OC[C@H]1O[C@H](O)[C@@H](OC(C)=O)[C@@H](O[C@H]2O[C@H](COC(C)=O)[C@@H](OC(C)=O)[C@H](OC(C)=O)[C@@H]2OC(C)=O)[C@H]1OC(C)=O. The van der Waals surface area contributed by atoms with Crippen LogP contribution in [0, 0.1) is 0 Å². The highest BCUT2D eigenvalue weighted by atomic mass is 16.8. The number of carbonyl (C=O) groups is 7. The Morgan fingerprint density at radius 3 is 1.27 bits per heavy atom. The lowest BCUT2D eigenvalue weighted by molar-refractivity contribution is -0.357. The molecular formula is C26H36O18. The Kier molecular flexibility index (Phi) is 13.4. The number of rotatable bonds is 11. The third kappa shape index (κ3) is 10.7. The molecule has 18 nitrogen and oxygen atoms in total. The van der Waals surface area contributed by atoms with Gasteiger partial charge in [0.05, 0.1) is 0 Å². The molecule has 2 rings (SSSR count). The van der Waals surface area contributed by atoms with Crippen molar-refractivity contribution >= 4 is 41.8 Å². The lowest BCUT2D eigenvalue weighted by Gasteiger charge is -2.48. The fourth-order valence-corrected chi connectivity index (χ4v) is 4.49. The largest absolute Gasteiger partial charge is 0.463 e. The second kappa shape index (κ2) is 16.3. The van der Waals surface area contributed by atoms with Crippen LogP contribution in [0.25, 0.3) is 0 Å². The molecule has 1 N–H and O–H groups in total. The maximum atomic E-state index is 12.2. The van der Waals surface area contributed by atoms with Gasteiger partial charge in [-0.25, -0.2) is 0 Å². The highest BCUT2D eigenvalue weighted by Crippen LogP contribution is 2.35. The first kappa shape index (κ1) is 36.3. The Balaban J connectivity index is 2.66. The number of aliphatic hydroxyl groups excluding tert-OH is 1. The van der Waals surface area contributed by atoms with E-state index in [0.29, 0.717) is 0 Å². The lowest BCUT2D eigenvalue weighted by Crippen LogP contribution is -2.67. The van der Waals surface area contributed by atoms with Crippen LogP contribution >= 0.6 is 0 Å². The summed E-state index contributed by atoms with van der Waals surface area (Å²) in [5.74, 6) is -6.03. The van der Waals surface area contributed by atoms with Crippen molar-refractivity contribution in [3.05, 3.63) is 0 Å². The van der Waals surface area contributed by atoms with Crippen molar-refractivity contribution in [1.82, 2.24) is 0 Å². The molecule has 2 aliphatic heterocycles. The molecule has 18 heteroatoms. The van der Waals surface area contributed by atoms with Gasteiger partial charge in [0.1, 0.15) is 31.5 Å². The van der Waals surface area contributed by atoms with Crippen molar-refractivity contribution in [2.75, 3.05) is 13.2 Å². The van der Waals surface area contributed by atoms with Gasteiger partial charge >= 0.3 is 41.8 Å². The zero-order chi connectivity index (χ0) is 33.3. The molecule has 0 aromatic carbocycles. The van der Waals surface area contributed by atoms with Crippen molar-refractivity contribution in [1.29, 1.82) is 0 Å². The van der Waals surface area contributed by atoms with Crippen LogP contribution in [0.5, 0.6) is 0 Å². The second-order valence-electron chi connectivity index (χ2n) is 9.68. The Labute approximate surface area is 251 Å². The maximum absolute atomic E-state index is 12.2. The van der Waals surface area contributed by atoms with E-state index < -0.39 is 116 Å². The summed E-state index contributed by atoms with van der Waals surface area (Å²) in [6.07, 6.45) is -16.4. The molecule has 0 aromatic rings. The minimum Gasteiger partial charge on any atom is -0.463 e. The van der Waals surface area contributed by atoms with E-state index in [0.717, 1.165) is 48.5 Å². The minimum atomic E-state index is -1.94. The minimum absolute atomic E-state index is 0.560.